The summed E-state index contributed by atoms with van der Waals surface area (Å²) in [6.07, 6.45) is 0. The Hall–Kier alpha value is -4.50. The second-order valence-corrected chi connectivity index (χ2v) is 8.38. The highest BCUT2D eigenvalue weighted by molar-refractivity contribution is 5.78. The SMILES string of the molecule is Cc1cccc(N(c2ccccc2)c2ccc(Nc3ccc(-c4ccc(N)cc4)cc3)cc2)c1. The molecule has 0 amide bonds. The summed E-state index contributed by atoms with van der Waals surface area (Å²) in [5.74, 6) is 0. The molecular formula is C31H27N3. The first-order valence-corrected chi connectivity index (χ1v) is 11.4. The second kappa shape index (κ2) is 9.55. The number of nitrogen functional groups attached to an aromatic ring is 1. The van der Waals surface area contributed by atoms with Crippen molar-refractivity contribution in [2.24, 2.45) is 0 Å². The number of para-hydroxylation sites is 1. The van der Waals surface area contributed by atoms with Gasteiger partial charge < -0.3 is 16.0 Å². The highest BCUT2D eigenvalue weighted by Crippen LogP contribution is 2.35. The van der Waals surface area contributed by atoms with Crippen LogP contribution < -0.4 is 16.0 Å². The summed E-state index contributed by atoms with van der Waals surface area (Å²) in [7, 11) is 0. The lowest BCUT2D eigenvalue weighted by molar-refractivity contribution is 1.27. The molecule has 0 saturated carbocycles. The van der Waals surface area contributed by atoms with E-state index >= 15 is 0 Å². The van der Waals surface area contributed by atoms with Crippen molar-refractivity contribution in [1.29, 1.82) is 0 Å². The van der Waals surface area contributed by atoms with Gasteiger partial charge in [0.05, 0.1) is 0 Å². The minimum atomic E-state index is 0.777. The molecule has 0 heterocycles. The summed E-state index contributed by atoms with van der Waals surface area (Å²) >= 11 is 0. The summed E-state index contributed by atoms with van der Waals surface area (Å²) in [4.78, 5) is 2.28. The summed E-state index contributed by atoms with van der Waals surface area (Å²) in [5, 5.41) is 3.51. The quantitative estimate of drug-likeness (QED) is 0.260. The molecule has 0 aromatic heterocycles. The number of benzene rings is 5. The van der Waals surface area contributed by atoms with Gasteiger partial charge in [-0.15, -0.1) is 0 Å². The van der Waals surface area contributed by atoms with Gasteiger partial charge in [-0.05, 0) is 96.4 Å². The standard InChI is InChI=1S/C31H27N3/c1-23-6-5-9-31(22-23)34(29-7-3-2-4-8-29)30-20-18-28(19-21-30)33-27-16-12-25(13-17-27)24-10-14-26(32)15-11-24/h2-22,33H,32H2,1H3. The van der Waals surface area contributed by atoms with Gasteiger partial charge in [-0.3, -0.25) is 0 Å². The Morgan fingerprint density at radius 3 is 1.68 bits per heavy atom. The number of hydrogen-bond acceptors (Lipinski definition) is 3. The summed E-state index contributed by atoms with van der Waals surface area (Å²) in [5.41, 5.74) is 15.6. The Kier molecular flexibility index (Phi) is 6.00. The largest absolute Gasteiger partial charge is 0.399 e. The summed E-state index contributed by atoms with van der Waals surface area (Å²) in [6, 6.07) is 44.0. The van der Waals surface area contributed by atoms with Crippen molar-refractivity contribution >= 4 is 34.1 Å². The normalized spacial score (nSPS) is 10.6. The lowest BCUT2D eigenvalue weighted by Crippen LogP contribution is -2.09. The van der Waals surface area contributed by atoms with Crippen molar-refractivity contribution in [3.63, 3.8) is 0 Å². The van der Waals surface area contributed by atoms with Gasteiger partial charge in [0.2, 0.25) is 0 Å². The highest BCUT2D eigenvalue weighted by atomic mass is 15.1. The third-order valence-corrected chi connectivity index (χ3v) is 5.82. The van der Waals surface area contributed by atoms with E-state index in [1.54, 1.807) is 0 Å². The zero-order valence-electron chi connectivity index (χ0n) is 19.1. The fourth-order valence-corrected chi connectivity index (χ4v) is 4.07. The van der Waals surface area contributed by atoms with E-state index in [9.17, 15) is 0 Å². The fraction of sp³-hybridized carbons (Fsp3) is 0.0323. The van der Waals surface area contributed by atoms with Crippen LogP contribution in [-0.4, -0.2) is 0 Å². The van der Waals surface area contributed by atoms with Gasteiger partial charge in [0, 0.05) is 34.1 Å². The molecule has 0 atom stereocenters. The molecule has 0 aliphatic carbocycles. The zero-order chi connectivity index (χ0) is 23.3. The number of nitrogens with two attached hydrogens (primary N) is 1. The van der Waals surface area contributed by atoms with Crippen molar-refractivity contribution in [2.75, 3.05) is 16.0 Å². The van der Waals surface area contributed by atoms with Crippen LogP contribution in [0.4, 0.5) is 34.1 Å². The third-order valence-electron chi connectivity index (χ3n) is 5.82. The Balaban J connectivity index is 1.37. The molecule has 3 heteroatoms. The van der Waals surface area contributed by atoms with Crippen LogP contribution in [0.15, 0.2) is 127 Å². The van der Waals surface area contributed by atoms with Crippen LogP contribution in [-0.2, 0) is 0 Å². The molecule has 34 heavy (non-hydrogen) atoms. The smallest absolute Gasteiger partial charge is 0.0464 e. The van der Waals surface area contributed by atoms with Gasteiger partial charge in [0.15, 0.2) is 0 Å². The van der Waals surface area contributed by atoms with Crippen LogP contribution in [0.2, 0.25) is 0 Å². The number of rotatable bonds is 6. The number of hydrogen-bond donors (Lipinski definition) is 2. The molecule has 0 bridgehead atoms. The molecule has 5 rings (SSSR count). The molecule has 0 aliphatic heterocycles. The molecule has 5 aromatic carbocycles. The van der Waals surface area contributed by atoms with Gasteiger partial charge in [0.1, 0.15) is 0 Å². The van der Waals surface area contributed by atoms with Crippen molar-refractivity contribution in [1.82, 2.24) is 0 Å². The first kappa shape index (κ1) is 21.4. The third kappa shape index (κ3) is 4.79. The number of nitrogens with zero attached hydrogens (tertiary/aromatic N) is 1. The van der Waals surface area contributed by atoms with E-state index in [4.69, 9.17) is 5.73 Å². The second-order valence-electron chi connectivity index (χ2n) is 8.38. The van der Waals surface area contributed by atoms with E-state index in [-0.39, 0.29) is 0 Å². The number of nitrogens with one attached hydrogen (secondary N) is 1. The minimum Gasteiger partial charge on any atom is -0.399 e. The maximum absolute atomic E-state index is 5.80. The molecule has 0 radical (unpaired) electrons. The van der Waals surface area contributed by atoms with Gasteiger partial charge in [0.25, 0.3) is 0 Å². The van der Waals surface area contributed by atoms with Crippen molar-refractivity contribution < 1.29 is 0 Å². The lowest BCUT2D eigenvalue weighted by atomic mass is 10.1. The predicted octanol–water partition coefficient (Wildman–Crippen LogP) is 8.46. The summed E-state index contributed by atoms with van der Waals surface area (Å²) in [6.45, 7) is 2.12. The monoisotopic (exact) mass is 441 g/mol. The van der Waals surface area contributed by atoms with E-state index in [1.807, 2.05) is 30.3 Å². The average Bonchev–Trinajstić information content (AvgIpc) is 2.87. The molecule has 0 saturated heterocycles. The molecule has 0 fully saturated rings. The van der Waals surface area contributed by atoms with E-state index in [1.165, 1.54) is 5.56 Å². The zero-order valence-corrected chi connectivity index (χ0v) is 19.1. The van der Waals surface area contributed by atoms with E-state index in [2.05, 4.69) is 114 Å². The first-order valence-electron chi connectivity index (χ1n) is 11.4. The molecule has 3 nitrogen and oxygen atoms in total. The van der Waals surface area contributed by atoms with Gasteiger partial charge >= 0.3 is 0 Å². The maximum Gasteiger partial charge on any atom is 0.0464 e. The molecule has 3 N–H and O–H groups in total. The topological polar surface area (TPSA) is 41.3 Å². The minimum absolute atomic E-state index is 0.777. The molecule has 0 unspecified atom stereocenters. The Morgan fingerprint density at radius 2 is 1.06 bits per heavy atom. The van der Waals surface area contributed by atoms with Crippen LogP contribution in [0.25, 0.3) is 11.1 Å². The summed E-state index contributed by atoms with van der Waals surface area (Å²) < 4.78 is 0. The fourth-order valence-electron chi connectivity index (χ4n) is 4.07. The van der Waals surface area contributed by atoms with Crippen LogP contribution in [0.5, 0.6) is 0 Å². The van der Waals surface area contributed by atoms with Crippen LogP contribution in [0.3, 0.4) is 0 Å². The molecule has 5 aromatic rings. The van der Waals surface area contributed by atoms with Gasteiger partial charge in [-0.25, -0.2) is 0 Å². The van der Waals surface area contributed by atoms with Crippen LogP contribution in [0.1, 0.15) is 5.56 Å². The highest BCUT2D eigenvalue weighted by Gasteiger charge is 2.12. The Bertz CT molecular complexity index is 1360. The number of anilines is 6. The molecule has 166 valence electrons. The van der Waals surface area contributed by atoms with Crippen molar-refractivity contribution in [3.8, 4) is 11.1 Å². The van der Waals surface area contributed by atoms with Crippen LogP contribution >= 0.6 is 0 Å². The Morgan fingerprint density at radius 1 is 0.529 bits per heavy atom. The van der Waals surface area contributed by atoms with E-state index < -0.39 is 0 Å². The molecule has 0 spiro atoms. The average molecular weight is 442 g/mol. The van der Waals surface area contributed by atoms with Gasteiger partial charge in [-0.2, -0.15) is 0 Å². The molecule has 0 aliphatic rings. The van der Waals surface area contributed by atoms with Crippen molar-refractivity contribution in [3.05, 3.63) is 133 Å². The van der Waals surface area contributed by atoms with Crippen LogP contribution in [0, 0.1) is 6.92 Å². The predicted molar refractivity (Wildman–Crippen MR) is 145 cm³/mol. The Labute approximate surface area is 201 Å². The first-order chi connectivity index (χ1) is 16.7. The van der Waals surface area contributed by atoms with E-state index in [0.717, 1.165) is 45.3 Å². The van der Waals surface area contributed by atoms with E-state index in [0.29, 0.717) is 0 Å². The van der Waals surface area contributed by atoms with Crippen molar-refractivity contribution in [2.45, 2.75) is 6.92 Å². The van der Waals surface area contributed by atoms with Gasteiger partial charge in [-0.1, -0.05) is 54.6 Å². The number of aryl methyl sites for hydroxylation is 1. The maximum atomic E-state index is 5.80. The molecular weight excluding hydrogens is 414 g/mol. The lowest BCUT2D eigenvalue weighted by Gasteiger charge is -2.26.